The Morgan fingerprint density at radius 1 is 0.847 bits per heavy atom. The Morgan fingerprint density at radius 2 is 1.44 bits per heavy atom. The summed E-state index contributed by atoms with van der Waals surface area (Å²) in [5.41, 5.74) is 11.4. The summed E-state index contributed by atoms with van der Waals surface area (Å²) >= 11 is 0. The normalized spacial score (nSPS) is 20.3. The topological polar surface area (TPSA) is 306 Å². The molecule has 0 aromatic carbocycles. The van der Waals surface area contributed by atoms with E-state index in [4.69, 9.17) is 31.8 Å². The zero-order chi connectivity index (χ0) is 44.8. The molecular weight excluding hydrogens is 766 g/mol. The van der Waals surface area contributed by atoms with Crippen molar-refractivity contribution < 1.29 is 47.8 Å². The van der Waals surface area contributed by atoms with Gasteiger partial charge in [0.2, 0.25) is 17.7 Å². The molecule has 0 aromatic heterocycles. The van der Waals surface area contributed by atoms with E-state index < -0.39 is 89.2 Å². The first kappa shape index (κ1) is 49.7. The van der Waals surface area contributed by atoms with Crippen molar-refractivity contribution in [3.63, 3.8) is 0 Å². The first-order chi connectivity index (χ1) is 27.6. The summed E-state index contributed by atoms with van der Waals surface area (Å²) in [7, 11) is 1.39. The van der Waals surface area contributed by atoms with Crippen molar-refractivity contribution in [1.82, 2.24) is 26.2 Å². The van der Waals surface area contributed by atoms with Gasteiger partial charge in [-0.25, -0.2) is 14.4 Å². The van der Waals surface area contributed by atoms with Crippen molar-refractivity contribution in [3.05, 3.63) is 22.9 Å². The van der Waals surface area contributed by atoms with Crippen molar-refractivity contribution in [1.29, 1.82) is 10.8 Å². The number of nitrogens with two attached hydrogens (primary N) is 2. The first-order valence-corrected chi connectivity index (χ1v) is 19.9. The molecule has 10 N–H and O–H groups in total. The van der Waals surface area contributed by atoms with Crippen LogP contribution in [0.4, 0.5) is 4.79 Å². The van der Waals surface area contributed by atoms with E-state index in [-0.39, 0.29) is 68.9 Å². The molecule has 59 heavy (non-hydrogen) atoms. The van der Waals surface area contributed by atoms with E-state index in [0.717, 1.165) is 11.6 Å². The van der Waals surface area contributed by atoms with Gasteiger partial charge in [0.05, 0.1) is 30.7 Å². The van der Waals surface area contributed by atoms with Crippen molar-refractivity contribution >= 4 is 59.7 Å². The molecule has 0 aromatic rings. The highest BCUT2D eigenvalue weighted by Crippen LogP contribution is 2.49. The van der Waals surface area contributed by atoms with Crippen molar-refractivity contribution in [2.75, 3.05) is 13.6 Å². The molecule has 0 spiro atoms. The number of rotatable bonds is 26. The minimum Gasteiger partial charge on any atom is -0.461 e. The number of carbonyl (C=O) groups excluding carboxylic acids is 8. The van der Waals surface area contributed by atoms with Crippen LogP contribution >= 0.6 is 0 Å². The average molecular weight is 830 g/mol. The van der Waals surface area contributed by atoms with Crippen molar-refractivity contribution in [3.8, 4) is 0 Å². The highest BCUT2D eigenvalue weighted by Gasteiger charge is 2.62. The van der Waals surface area contributed by atoms with Gasteiger partial charge in [0.25, 0.3) is 0 Å². The number of hydrogen-bond acceptors (Lipinski definition) is 14. The van der Waals surface area contributed by atoms with Crippen LogP contribution in [0.2, 0.25) is 0 Å². The lowest BCUT2D eigenvalue weighted by molar-refractivity contribution is -0.159. The highest BCUT2D eigenvalue weighted by atomic mass is 16.5. The maximum absolute atomic E-state index is 14.4. The van der Waals surface area contributed by atoms with Gasteiger partial charge in [0.1, 0.15) is 18.1 Å². The van der Waals surface area contributed by atoms with E-state index in [1.807, 2.05) is 6.92 Å². The van der Waals surface area contributed by atoms with Crippen LogP contribution in [0, 0.1) is 22.7 Å². The van der Waals surface area contributed by atoms with Gasteiger partial charge < -0.3 is 57.9 Å². The molecule has 6 atom stereocenters. The maximum atomic E-state index is 14.4. The van der Waals surface area contributed by atoms with Gasteiger partial charge in [-0.05, 0) is 95.3 Å². The number of nitrogens with zero attached hydrogens (tertiary/aromatic N) is 1. The number of allylic oxidation sites excluding steroid dienone is 3. The lowest BCUT2D eigenvalue weighted by Gasteiger charge is -2.32. The van der Waals surface area contributed by atoms with Gasteiger partial charge in [-0.2, -0.15) is 0 Å². The Hall–Kier alpha value is -5.46. The maximum Gasteiger partial charge on any atom is 0.337 e. The van der Waals surface area contributed by atoms with Crippen molar-refractivity contribution in [2.24, 2.45) is 23.3 Å². The van der Waals surface area contributed by atoms with E-state index in [0.29, 0.717) is 24.5 Å². The Balaban J connectivity index is 2.47. The number of esters is 2. The third-order valence-corrected chi connectivity index (χ3v) is 9.99. The standard InChI is InChI=1S/C40H63N9O10/c1-21(2)33(43)35(53)47-30(10-9-15-45-39(44)57)34(52)48-32(37(55)58-22(3)4)14-13-29(28-16-24(28)7)46-31(12-11-26(50)19-41)36(54)49(8)40(38(56)59-23(5)6)18-25(40)17-27(51)20-42/h17,19-24,30-33,41-42,46H,9-16,18,43H2,1-8H3,(H,47,53)(H,48,52)(H3,44,45,57)/b25-17?,29-28-,41-19?,42-20?/t24?,30-,31-,32-,33-,40?/m0/s1. The Kier molecular flexibility index (Phi) is 19.1. The van der Waals surface area contributed by atoms with E-state index in [1.54, 1.807) is 41.5 Å². The van der Waals surface area contributed by atoms with Crippen LogP contribution in [0.5, 0.6) is 0 Å². The van der Waals surface area contributed by atoms with Gasteiger partial charge in [-0.15, -0.1) is 0 Å². The minimum atomic E-state index is -1.62. The van der Waals surface area contributed by atoms with E-state index in [9.17, 15) is 38.4 Å². The molecule has 5 amide bonds. The number of ether oxygens (including phenoxy) is 2. The second-order valence-electron chi connectivity index (χ2n) is 15.9. The second-order valence-corrected chi connectivity index (χ2v) is 15.9. The van der Waals surface area contributed by atoms with Gasteiger partial charge in [-0.3, -0.25) is 24.0 Å². The summed E-state index contributed by atoms with van der Waals surface area (Å²) in [4.78, 5) is 105. The molecule has 19 nitrogen and oxygen atoms in total. The van der Waals surface area contributed by atoms with E-state index >= 15 is 0 Å². The quantitative estimate of drug-likeness (QED) is 0.0263. The first-order valence-electron chi connectivity index (χ1n) is 19.9. The Labute approximate surface area is 345 Å². The number of Topliss-reactive ketones (excluding diaryl/α,β-unsaturated/α-hetero) is 1. The summed E-state index contributed by atoms with van der Waals surface area (Å²) < 4.78 is 11.0. The van der Waals surface area contributed by atoms with Crippen LogP contribution in [0.3, 0.4) is 0 Å². The van der Waals surface area contributed by atoms with Gasteiger partial charge in [0, 0.05) is 32.1 Å². The number of amides is 5. The summed E-state index contributed by atoms with van der Waals surface area (Å²) in [6.07, 6.45) is 2.02. The SMILES string of the molecule is CC(C)OC(=O)[C@H](CC/C(N[C@@H](CCC(=O)C=N)C(=O)N(C)C1(C(=O)OC(C)C)CC1=CC(=O)C=N)=C1\CC1C)NC(=O)[C@H](CCCNC(N)=O)NC(=O)[C@@H](N)C(C)C. The molecule has 328 valence electrons. The number of urea groups is 1. The van der Waals surface area contributed by atoms with Crippen LogP contribution in [0.15, 0.2) is 22.9 Å². The molecule has 0 heterocycles. The summed E-state index contributed by atoms with van der Waals surface area (Å²) in [6.45, 7) is 12.1. The fourth-order valence-electron chi connectivity index (χ4n) is 6.35. The summed E-state index contributed by atoms with van der Waals surface area (Å²) in [6, 6.07) is -5.19. The van der Waals surface area contributed by atoms with Gasteiger partial charge >= 0.3 is 18.0 Å². The minimum absolute atomic E-state index is 0.0106. The molecule has 2 aliphatic rings. The monoisotopic (exact) mass is 829 g/mol. The fraction of sp³-hybridized carbons (Fsp3) is 0.650. The molecule has 0 radical (unpaired) electrons. The molecule has 19 heteroatoms. The lowest BCUT2D eigenvalue weighted by atomic mass is 10.0. The van der Waals surface area contributed by atoms with Crippen LogP contribution in [-0.4, -0.2) is 120 Å². The molecule has 0 aliphatic heterocycles. The summed E-state index contributed by atoms with van der Waals surface area (Å²) in [5, 5.41) is 25.8. The van der Waals surface area contributed by atoms with Gasteiger partial charge in [-0.1, -0.05) is 20.8 Å². The fourth-order valence-corrected chi connectivity index (χ4v) is 6.35. The Morgan fingerprint density at radius 3 is 1.97 bits per heavy atom. The molecule has 2 aliphatic carbocycles. The molecule has 0 saturated heterocycles. The highest BCUT2D eigenvalue weighted by molar-refractivity contribution is 6.32. The molecule has 2 saturated carbocycles. The van der Waals surface area contributed by atoms with E-state index in [1.165, 1.54) is 11.9 Å². The predicted molar refractivity (Wildman–Crippen MR) is 218 cm³/mol. The third-order valence-electron chi connectivity index (χ3n) is 9.99. The zero-order valence-electron chi connectivity index (χ0n) is 35.4. The molecular formula is C40H63N9O10. The number of hydrogen-bond donors (Lipinski definition) is 8. The molecule has 0 bridgehead atoms. The van der Waals surface area contributed by atoms with Crippen LogP contribution in [-0.2, 0) is 43.0 Å². The average Bonchev–Trinajstić information content (AvgIpc) is 4.08. The lowest BCUT2D eigenvalue weighted by Crippen LogP contribution is -2.55. The van der Waals surface area contributed by atoms with Crippen LogP contribution in [0.25, 0.3) is 0 Å². The van der Waals surface area contributed by atoms with Crippen LogP contribution < -0.4 is 32.7 Å². The number of likely N-dealkylation sites (N-methyl/N-ethyl adjacent to an activating group) is 1. The van der Waals surface area contributed by atoms with Crippen molar-refractivity contribution in [2.45, 2.75) is 142 Å². The second kappa shape index (κ2) is 22.6. The smallest absolute Gasteiger partial charge is 0.337 e. The van der Waals surface area contributed by atoms with Crippen LogP contribution in [0.1, 0.15) is 99.8 Å². The predicted octanol–water partition coefficient (Wildman–Crippen LogP) is 1.07. The molecule has 2 rings (SSSR count). The number of ketones is 2. The largest absolute Gasteiger partial charge is 0.461 e. The molecule has 2 unspecified atom stereocenters. The van der Waals surface area contributed by atoms with E-state index in [2.05, 4.69) is 21.3 Å². The number of primary amides is 1. The molecule has 2 fully saturated rings. The number of carbonyl (C=O) groups is 8. The Bertz CT molecular complexity index is 1690. The third kappa shape index (κ3) is 15.0. The van der Waals surface area contributed by atoms with Gasteiger partial charge in [0.15, 0.2) is 17.1 Å². The zero-order valence-corrected chi connectivity index (χ0v) is 35.4. The summed E-state index contributed by atoms with van der Waals surface area (Å²) in [5.74, 6) is -4.77. The number of nitrogens with one attached hydrogen (secondary N) is 6.